The van der Waals surface area contributed by atoms with Crippen LogP contribution in [-0.4, -0.2) is 62.0 Å². The molecule has 1 aliphatic heterocycles. The third-order valence-corrected chi connectivity index (χ3v) is 8.13. The van der Waals surface area contributed by atoms with Gasteiger partial charge in [0.15, 0.2) is 5.75 Å². The Hall–Kier alpha value is -3.26. The maximum atomic E-state index is 13.7. The number of ether oxygens (including phenoxy) is 1. The van der Waals surface area contributed by atoms with Crippen LogP contribution in [0.4, 0.5) is 5.69 Å². The Balaban J connectivity index is 1.36. The Labute approximate surface area is 245 Å². The molecule has 1 heterocycles. The largest absolute Gasteiger partial charge is 0.455 e. The SMILES string of the molecule is CN(C(=O)CN(CC(=O)NC[C@@H]1CCCN1)c1cc(Cl)ccc1Oc1ccc(Cl)cc1)C1Cc2ccccc2C1. The second-order valence-electron chi connectivity index (χ2n) is 10.5. The first-order chi connectivity index (χ1) is 19.4. The van der Waals surface area contributed by atoms with Gasteiger partial charge in [0, 0.05) is 35.7 Å². The first kappa shape index (κ1) is 28.3. The number of amides is 2. The monoisotopic (exact) mass is 580 g/mol. The van der Waals surface area contributed by atoms with Crippen LogP contribution in [0.2, 0.25) is 10.0 Å². The zero-order valence-electron chi connectivity index (χ0n) is 22.5. The summed E-state index contributed by atoms with van der Waals surface area (Å²) in [5, 5.41) is 7.50. The van der Waals surface area contributed by atoms with Crippen LogP contribution in [0.1, 0.15) is 24.0 Å². The number of hydrogen-bond acceptors (Lipinski definition) is 5. The highest BCUT2D eigenvalue weighted by molar-refractivity contribution is 6.31. The number of likely N-dealkylation sites (N-methyl/N-ethyl adjacent to an activating group) is 1. The lowest BCUT2D eigenvalue weighted by Crippen LogP contribution is -2.47. The van der Waals surface area contributed by atoms with E-state index in [9.17, 15) is 9.59 Å². The smallest absolute Gasteiger partial charge is 0.242 e. The van der Waals surface area contributed by atoms with Crippen molar-refractivity contribution in [2.24, 2.45) is 0 Å². The van der Waals surface area contributed by atoms with Gasteiger partial charge in [-0.2, -0.15) is 0 Å². The molecule has 0 spiro atoms. The molecule has 9 heteroatoms. The first-order valence-electron chi connectivity index (χ1n) is 13.7. The van der Waals surface area contributed by atoms with E-state index in [1.807, 2.05) is 19.2 Å². The van der Waals surface area contributed by atoms with Crippen molar-refractivity contribution < 1.29 is 14.3 Å². The molecule has 2 aliphatic rings. The summed E-state index contributed by atoms with van der Waals surface area (Å²) in [6, 6.07) is 20.9. The van der Waals surface area contributed by atoms with E-state index < -0.39 is 0 Å². The van der Waals surface area contributed by atoms with Crippen LogP contribution in [0, 0.1) is 0 Å². The molecule has 0 bridgehead atoms. The summed E-state index contributed by atoms with van der Waals surface area (Å²) < 4.78 is 6.18. The molecule has 0 aromatic heterocycles. The maximum absolute atomic E-state index is 13.7. The summed E-state index contributed by atoms with van der Waals surface area (Å²) in [5.41, 5.74) is 3.11. The van der Waals surface area contributed by atoms with Gasteiger partial charge in [0.2, 0.25) is 11.8 Å². The van der Waals surface area contributed by atoms with Crippen molar-refractivity contribution >= 4 is 40.7 Å². The van der Waals surface area contributed by atoms with Gasteiger partial charge in [0.05, 0.1) is 18.8 Å². The Morgan fingerprint density at radius 1 is 0.975 bits per heavy atom. The molecule has 40 heavy (non-hydrogen) atoms. The van der Waals surface area contributed by atoms with Gasteiger partial charge in [-0.1, -0.05) is 47.5 Å². The van der Waals surface area contributed by atoms with Gasteiger partial charge in [0.25, 0.3) is 0 Å². The molecular weight excluding hydrogens is 547 g/mol. The third kappa shape index (κ3) is 7.08. The predicted octanol–water partition coefficient (Wildman–Crippen LogP) is 5.09. The number of halogens is 2. The molecule has 2 amide bonds. The van der Waals surface area contributed by atoms with E-state index in [1.54, 1.807) is 52.3 Å². The lowest BCUT2D eigenvalue weighted by Gasteiger charge is -2.30. The summed E-state index contributed by atoms with van der Waals surface area (Å²) in [7, 11) is 1.84. The van der Waals surface area contributed by atoms with Crippen LogP contribution in [0.25, 0.3) is 0 Å². The number of nitrogens with zero attached hydrogens (tertiary/aromatic N) is 2. The second kappa shape index (κ2) is 12.9. The van der Waals surface area contributed by atoms with Crippen molar-refractivity contribution in [2.75, 3.05) is 38.1 Å². The van der Waals surface area contributed by atoms with E-state index in [0.717, 1.165) is 32.2 Å². The van der Waals surface area contributed by atoms with Gasteiger partial charge in [-0.25, -0.2) is 0 Å². The fraction of sp³-hybridized carbons (Fsp3) is 0.355. The Bertz CT molecular complexity index is 1320. The van der Waals surface area contributed by atoms with Crippen molar-refractivity contribution in [1.29, 1.82) is 0 Å². The number of nitrogens with one attached hydrogen (secondary N) is 2. The van der Waals surface area contributed by atoms with E-state index in [1.165, 1.54) is 11.1 Å². The molecule has 1 aliphatic carbocycles. The molecular formula is C31H34Cl2N4O3. The summed E-state index contributed by atoms with van der Waals surface area (Å²) >= 11 is 12.5. The van der Waals surface area contributed by atoms with Crippen LogP contribution in [-0.2, 0) is 22.4 Å². The number of rotatable bonds is 10. The molecule has 3 aromatic carbocycles. The number of fused-ring (bicyclic) bond motifs is 1. The standard InChI is InChI=1S/C31H34Cl2N4O3/c1-36(26-15-21-5-2-3-6-22(21)16-26)31(39)20-37(19-30(38)35-18-25-7-4-14-34-25)28-17-24(33)10-13-29(28)40-27-11-8-23(32)9-12-27/h2-3,5-6,8-13,17,25-26,34H,4,7,14-16,18-20H2,1H3,(H,35,38)/t25-/m0/s1. The van der Waals surface area contributed by atoms with Crippen LogP contribution >= 0.6 is 23.2 Å². The molecule has 2 N–H and O–H groups in total. The molecule has 0 saturated carbocycles. The minimum absolute atomic E-state index is 0.00420. The predicted molar refractivity (Wildman–Crippen MR) is 160 cm³/mol. The van der Waals surface area contributed by atoms with Crippen molar-refractivity contribution in [3.63, 3.8) is 0 Å². The number of anilines is 1. The Kier molecular flexibility index (Phi) is 9.15. The van der Waals surface area contributed by atoms with Crippen molar-refractivity contribution in [3.8, 4) is 11.5 Å². The van der Waals surface area contributed by atoms with Crippen LogP contribution in [0.5, 0.6) is 11.5 Å². The number of benzene rings is 3. The van der Waals surface area contributed by atoms with Gasteiger partial charge in [-0.05, 0) is 85.8 Å². The average molecular weight is 582 g/mol. The van der Waals surface area contributed by atoms with E-state index in [4.69, 9.17) is 27.9 Å². The zero-order valence-corrected chi connectivity index (χ0v) is 24.0. The van der Waals surface area contributed by atoms with Crippen LogP contribution in [0.3, 0.4) is 0 Å². The normalized spacial score (nSPS) is 16.4. The van der Waals surface area contributed by atoms with Gasteiger partial charge in [0.1, 0.15) is 5.75 Å². The summed E-state index contributed by atoms with van der Waals surface area (Å²) in [4.78, 5) is 30.3. The maximum Gasteiger partial charge on any atom is 0.242 e. The van der Waals surface area contributed by atoms with Gasteiger partial charge in [-0.3, -0.25) is 9.59 Å². The fourth-order valence-corrected chi connectivity index (χ4v) is 5.66. The highest BCUT2D eigenvalue weighted by Gasteiger charge is 2.29. The number of hydrogen-bond donors (Lipinski definition) is 2. The molecule has 1 fully saturated rings. The molecule has 1 saturated heterocycles. The van der Waals surface area contributed by atoms with E-state index in [0.29, 0.717) is 33.8 Å². The Morgan fingerprint density at radius 3 is 2.35 bits per heavy atom. The Morgan fingerprint density at radius 2 is 1.68 bits per heavy atom. The van der Waals surface area contributed by atoms with Gasteiger partial charge < -0.3 is 25.2 Å². The van der Waals surface area contributed by atoms with E-state index in [-0.39, 0.29) is 37.0 Å². The van der Waals surface area contributed by atoms with Crippen molar-refractivity contribution in [3.05, 3.63) is 87.9 Å². The summed E-state index contributed by atoms with van der Waals surface area (Å²) in [6.07, 6.45) is 3.77. The minimum Gasteiger partial charge on any atom is -0.455 e. The molecule has 0 unspecified atom stereocenters. The zero-order chi connectivity index (χ0) is 28.1. The number of carbonyl (C=O) groups excluding carboxylic acids is 2. The van der Waals surface area contributed by atoms with Crippen molar-refractivity contribution in [1.82, 2.24) is 15.5 Å². The molecule has 0 radical (unpaired) electrons. The first-order valence-corrected chi connectivity index (χ1v) is 14.4. The fourth-order valence-electron chi connectivity index (χ4n) is 5.36. The van der Waals surface area contributed by atoms with E-state index in [2.05, 4.69) is 22.8 Å². The van der Waals surface area contributed by atoms with E-state index >= 15 is 0 Å². The van der Waals surface area contributed by atoms with Crippen LogP contribution < -0.4 is 20.3 Å². The molecule has 7 nitrogen and oxygen atoms in total. The molecule has 1 atom stereocenters. The highest BCUT2D eigenvalue weighted by atomic mass is 35.5. The average Bonchev–Trinajstić information content (AvgIpc) is 3.63. The molecule has 3 aromatic rings. The highest BCUT2D eigenvalue weighted by Crippen LogP contribution is 2.35. The number of carbonyl (C=O) groups is 2. The lowest BCUT2D eigenvalue weighted by molar-refractivity contribution is -0.130. The van der Waals surface area contributed by atoms with Gasteiger partial charge in [-0.15, -0.1) is 0 Å². The minimum atomic E-state index is -0.171. The second-order valence-corrected chi connectivity index (χ2v) is 11.3. The molecule has 210 valence electrons. The lowest BCUT2D eigenvalue weighted by atomic mass is 10.1. The summed E-state index contributed by atoms with van der Waals surface area (Å²) in [6.45, 7) is 1.49. The third-order valence-electron chi connectivity index (χ3n) is 7.64. The van der Waals surface area contributed by atoms with Crippen LogP contribution in [0.15, 0.2) is 66.7 Å². The van der Waals surface area contributed by atoms with Gasteiger partial charge >= 0.3 is 0 Å². The van der Waals surface area contributed by atoms with Crippen molar-refractivity contribution in [2.45, 2.75) is 37.8 Å². The topological polar surface area (TPSA) is 73.9 Å². The molecule has 5 rings (SSSR count). The summed E-state index contributed by atoms with van der Waals surface area (Å²) in [5.74, 6) is 0.813. The quantitative estimate of drug-likeness (QED) is 0.349.